The Morgan fingerprint density at radius 1 is 1.29 bits per heavy atom. The summed E-state index contributed by atoms with van der Waals surface area (Å²) in [6.45, 7) is 6.58. The Bertz CT molecular complexity index is 886. The summed E-state index contributed by atoms with van der Waals surface area (Å²) >= 11 is 0. The van der Waals surface area contributed by atoms with E-state index in [4.69, 9.17) is 9.47 Å². The molecule has 1 aliphatic heterocycles. The summed E-state index contributed by atoms with van der Waals surface area (Å²) in [6.07, 6.45) is 4.98. The maximum absolute atomic E-state index is 12.2. The second-order valence-corrected chi connectivity index (χ2v) is 8.66. The van der Waals surface area contributed by atoms with Crippen LogP contribution in [0.4, 0.5) is 0 Å². The minimum Gasteiger partial charge on any atom is -0.488 e. The molecule has 2 aliphatic carbocycles. The number of hydrazone groups is 1. The number of hydrogen-bond donors (Lipinski definition) is 1. The van der Waals surface area contributed by atoms with Gasteiger partial charge in [0.25, 0.3) is 5.91 Å². The first-order valence-corrected chi connectivity index (χ1v) is 9.77. The smallest absolute Gasteiger partial charge is 0.338 e. The van der Waals surface area contributed by atoms with Crippen LogP contribution in [0.2, 0.25) is 0 Å². The topological polar surface area (TPSA) is 77.0 Å². The maximum Gasteiger partial charge on any atom is 0.338 e. The molecule has 0 aromatic heterocycles. The number of nitrogens with one attached hydrogen (secondary N) is 1. The first kappa shape index (κ1) is 18.7. The van der Waals surface area contributed by atoms with Gasteiger partial charge in [-0.05, 0) is 42.7 Å². The fourth-order valence-corrected chi connectivity index (χ4v) is 4.72. The highest BCUT2D eigenvalue weighted by molar-refractivity contribution is 5.97. The average Bonchev–Trinajstić information content (AvgIpc) is 3.03. The van der Waals surface area contributed by atoms with Gasteiger partial charge in [0.15, 0.2) is 6.61 Å². The molecule has 1 heterocycles. The molecule has 2 unspecified atom stereocenters. The van der Waals surface area contributed by atoms with E-state index in [-0.39, 0.29) is 24.0 Å². The Balaban J connectivity index is 1.32. The molecule has 0 saturated heterocycles. The lowest BCUT2D eigenvalue weighted by molar-refractivity contribution is -0.145. The third kappa shape index (κ3) is 3.01. The van der Waals surface area contributed by atoms with Crippen LogP contribution in [-0.2, 0) is 14.3 Å². The van der Waals surface area contributed by atoms with E-state index in [1.165, 1.54) is 6.42 Å². The lowest BCUT2D eigenvalue weighted by atomic mass is 9.70. The molecule has 2 atom stereocenters. The van der Waals surface area contributed by atoms with Crippen molar-refractivity contribution in [2.45, 2.75) is 40.0 Å². The number of benzene rings is 1. The van der Waals surface area contributed by atoms with E-state index in [1.807, 2.05) is 24.3 Å². The standard InChI is InChI=1S/C22H26N2O4/c1-21(2)16-8-9-22(21,3)18(11-16)23-24-19(25)13-28-20(26)15-10-14-6-4-5-7-17(14)27-12-15/h4-7,10,16H,8-9,11-13H2,1-3H3,(H,24,25)/b23-18-. The van der Waals surface area contributed by atoms with Crippen LogP contribution in [0.15, 0.2) is 34.9 Å². The Morgan fingerprint density at radius 3 is 2.79 bits per heavy atom. The van der Waals surface area contributed by atoms with Crippen LogP contribution in [0, 0.1) is 16.7 Å². The second kappa shape index (κ2) is 6.76. The molecule has 2 bridgehead atoms. The number of carbonyl (C=O) groups is 2. The van der Waals surface area contributed by atoms with Gasteiger partial charge in [-0.25, -0.2) is 10.2 Å². The molecule has 1 amide bonds. The summed E-state index contributed by atoms with van der Waals surface area (Å²) in [4.78, 5) is 24.3. The zero-order chi connectivity index (χ0) is 19.9. The normalized spacial score (nSPS) is 28.3. The molecule has 2 saturated carbocycles. The largest absolute Gasteiger partial charge is 0.488 e. The highest BCUT2D eigenvalue weighted by Gasteiger charge is 2.60. The Hall–Kier alpha value is -2.63. The van der Waals surface area contributed by atoms with E-state index in [2.05, 4.69) is 31.3 Å². The van der Waals surface area contributed by atoms with Crippen molar-refractivity contribution in [3.05, 3.63) is 35.4 Å². The SMILES string of the molecule is CC12CCC(C/C1=N/NC(=O)COC(=O)C1=Cc3ccccc3OC1)C2(C)C. The molecule has 0 radical (unpaired) electrons. The van der Waals surface area contributed by atoms with Crippen LogP contribution in [0.25, 0.3) is 6.08 Å². The number of para-hydroxylation sites is 1. The number of amides is 1. The first-order chi connectivity index (χ1) is 13.3. The van der Waals surface area contributed by atoms with Crippen molar-refractivity contribution in [2.75, 3.05) is 13.2 Å². The predicted molar refractivity (Wildman–Crippen MR) is 106 cm³/mol. The fourth-order valence-electron chi connectivity index (χ4n) is 4.72. The molecule has 4 rings (SSSR count). The molecule has 28 heavy (non-hydrogen) atoms. The van der Waals surface area contributed by atoms with Crippen molar-refractivity contribution in [3.63, 3.8) is 0 Å². The number of esters is 1. The molecule has 1 aromatic carbocycles. The van der Waals surface area contributed by atoms with Crippen molar-refractivity contribution in [3.8, 4) is 5.75 Å². The minimum absolute atomic E-state index is 0.0270. The summed E-state index contributed by atoms with van der Waals surface area (Å²) in [5.41, 5.74) is 5.06. The van der Waals surface area contributed by atoms with Crippen molar-refractivity contribution in [1.29, 1.82) is 0 Å². The summed E-state index contributed by atoms with van der Waals surface area (Å²) in [5.74, 6) is 0.370. The van der Waals surface area contributed by atoms with Gasteiger partial charge in [-0.3, -0.25) is 4.79 Å². The number of carbonyl (C=O) groups excluding carboxylic acids is 2. The van der Waals surface area contributed by atoms with Crippen molar-refractivity contribution >= 4 is 23.7 Å². The quantitative estimate of drug-likeness (QED) is 0.640. The Morgan fingerprint density at radius 2 is 2.07 bits per heavy atom. The van der Waals surface area contributed by atoms with Gasteiger partial charge >= 0.3 is 5.97 Å². The van der Waals surface area contributed by atoms with Crippen molar-refractivity contribution < 1.29 is 19.1 Å². The van der Waals surface area contributed by atoms with Crippen LogP contribution < -0.4 is 10.2 Å². The molecule has 1 N–H and O–H groups in total. The van der Waals surface area contributed by atoms with Gasteiger partial charge in [0.05, 0.1) is 5.57 Å². The zero-order valence-electron chi connectivity index (χ0n) is 16.6. The van der Waals surface area contributed by atoms with Gasteiger partial charge in [0.2, 0.25) is 0 Å². The number of nitrogens with zero attached hydrogens (tertiary/aromatic N) is 1. The van der Waals surface area contributed by atoms with Gasteiger partial charge in [-0.1, -0.05) is 39.0 Å². The number of rotatable bonds is 4. The molecule has 3 aliphatic rings. The molecule has 1 aromatic rings. The van der Waals surface area contributed by atoms with Crippen molar-refractivity contribution in [1.82, 2.24) is 5.43 Å². The summed E-state index contributed by atoms with van der Waals surface area (Å²) in [5, 5.41) is 4.38. The molecule has 148 valence electrons. The second-order valence-electron chi connectivity index (χ2n) is 8.66. The highest BCUT2D eigenvalue weighted by atomic mass is 16.5. The molecule has 0 spiro atoms. The van der Waals surface area contributed by atoms with E-state index < -0.39 is 11.9 Å². The monoisotopic (exact) mass is 382 g/mol. The third-order valence-corrected chi connectivity index (χ3v) is 7.06. The van der Waals surface area contributed by atoms with E-state index in [1.54, 1.807) is 6.08 Å². The fraction of sp³-hybridized carbons (Fsp3) is 0.500. The van der Waals surface area contributed by atoms with Crippen LogP contribution in [0.1, 0.15) is 45.6 Å². The zero-order valence-corrected chi connectivity index (χ0v) is 16.6. The lowest BCUT2D eigenvalue weighted by Gasteiger charge is -2.34. The number of ether oxygens (including phenoxy) is 2. The molecular formula is C22H26N2O4. The minimum atomic E-state index is -0.551. The van der Waals surface area contributed by atoms with E-state index in [0.29, 0.717) is 11.5 Å². The van der Waals surface area contributed by atoms with Crippen LogP contribution in [0.3, 0.4) is 0 Å². The van der Waals surface area contributed by atoms with Crippen molar-refractivity contribution in [2.24, 2.45) is 21.8 Å². The maximum atomic E-state index is 12.2. The van der Waals surface area contributed by atoms with Gasteiger partial charge in [-0.2, -0.15) is 5.10 Å². The van der Waals surface area contributed by atoms with E-state index in [0.717, 1.165) is 29.9 Å². The third-order valence-electron chi connectivity index (χ3n) is 7.06. The molecule has 2 fully saturated rings. The summed E-state index contributed by atoms with van der Waals surface area (Å²) in [6, 6.07) is 7.45. The predicted octanol–water partition coefficient (Wildman–Crippen LogP) is 3.32. The molecule has 6 heteroatoms. The highest BCUT2D eigenvalue weighted by Crippen LogP contribution is 2.63. The van der Waals surface area contributed by atoms with Crippen LogP contribution in [0.5, 0.6) is 5.75 Å². The summed E-state index contributed by atoms with van der Waals surface area (Å²) in [7, 11) is 0. The van der Waals surface area contributed by atoms with Gasteiger partial charge < -0.3 is 9.47 Å². The Labute approximate surface area is 165 Å². The summed E-state index contributed by atoms with van der Waals surface area (Å²) < 4.78 is 10.7. The molecular weight excluding hydrogens is 356 g/mol. The van der Waals surface area contributed by atoms with Crippen LogP contribution >= 0.6 is 0 Å². The van der Waals surface area contributed by atoms with Crippen LogP contribution in [-0.4, -0.2) is 30.8 Å². The lowest BCUT2D eigenvalue weighted by Crippen LogP contribution is -2.35. The van der Waals surface area contributed by atoms with Gasteiger partial charge in [-0.15, -0.1) is 0 Å². The number of hydrogen-bond acceptors (Lipinski definition) is 5. The Kier molecular flexibility index (Phi) is 4.52. The van der Waals surface area contributed by atoms with E-state index >= 15 is 0 Å². The van der Waals surface area contributed by atoms with E-state index in [9.17, 15) is 9.59 Å². The molecule has 6 nitrogen and oxygen atoms in total. The average molecular weight is 382 g/mol. The first-order valence-electron chi connectivity index (χ1n) is 9.77. The van der Waals surface area contributed by atoms with Gasteiger partial charge in [0.1, 0.15) is 12.4 Å². The van der Waals surface area contributed by atoms with Gasteiger partial charge in [0, 0.05) is 16.7 Å². The number of fused-ring (bicyclic) bond motifs is 3.